The fourth-order valence-corrected chi connectivity index (χ4v) is 3.93. The molecule has 2 amide bonds. The molecular weight excluding hydrogens is 422 g/mol. The number of ether oxygens (including phenoxy) is 1. The molecule has 0 saturated carbocycles. The van der Waals surface area contributed by atoms with Crippen LogP contribution in [-0.4, -0.2) is 46.1 Å². The van der Waals surface area contributed by atoms with Crippen molar-refractivity contribution in [2.45, 2.75) is 32.9 Å². The maximum atomic E-state index is 12.2. The van der Waals surface area contributed by atoms with E-state index in [-0.39, 0.29) is 24.1 Å². The summed E-state index contributed by atoms with van der Waals surface area (Å²) in [7, 11) is 0. The first-order valence-electron chi connectivity index (χ1n) is 11.0. The summed E-state index contributed by atoms with van der Waals surface area (Å²) in [5.41, 5.74) is 1.75. The molecule has 3 aromatic rings. The number of amides is 2. The van der Waals surface area contributed by atoms with E-state index in [1.54, 1.807) is 24.3 Å². The van der Waals surface area contributed by atoms with Crippen LogP contribution < -0.4 is 10.1 Å². The maximum Gasteiger partial charge on any atom is 0.302 e. The third kappa shape index (κ3) is 5.56. The van der Waals surface area contributed by atoms with Gasteiger partial charge in [-0.3, -0.25) is 19.1 Å². The third-order valence-corrected chi connectivity index (χ3v) is 5.51. The topological polar surface area (TPSA) is 109 Å². The lowest BCUT2D eigenvalue weighted by atomic mass is 10.1. The number of carbonyl (C=O) groups is 2. The molecule has 2 N–H and O–H groups in total. The van der Waals surface area contributed by atoms with Gasteiger partial charge in [0.2, 0.25) is 11.8 Å². The SMILES string of the molecule is CC(=O)Nc1ccc(OCC(=O)N=Nc2c(O)n(CN3CCCCC3)c3ccccc23)cc1. The zero-order valence-corrected chi connectivity index (χ0v) is 18.5. The highest BCUT2D eigenvalue weighted by molar-refractivity contribution is 5.95. The molecule has 1 aliphatic rings. The van der Waals surface area contributed by atoms with E-state index in [4.69, 9.17) is 4.74 Å². The Labute approximate surface area is 191 Å². The van der Waals surface area contributed by atoms with Crippen molar-refractivity contribution < 1.29 is 19.4 Å². The number of anilines is 1. The summed E-state index contributed by atoms with van der Waals surface area (Å²) in [6.45, 7) is 3.68. The zero-order chi connectivity index (χ0) is 23.2. The van der Waals surface area contributed by atoms with E-state index in [9.17, 15) is 14.7 Å². The summed E-state index contributed by atoms with van der Waals surface area (Å²) < 4.78 is 7.26. The highest BCUT2D eigenvalue weighted by Crippen LogP contribution is 2.39. The minimum absolute atomic E-state index is 0.00666. The second-order valence-electron chi connectivity index (χ2n) is 8.03. The number of aromatic nitrogens is 1. The normalized spacial score (nSPS) is 14.6. The molecule has 0 unspecified atom stereocenters. The van der Waals surface area contributed by atoms with Gasteiger partial charge in [0.1, 0.15) is 5.75 Å². The number of benzene rings is 2. The van der Waals surface area contributed by atoms with E-state index in [0.29, 0.717) is 18.1 Å². The van der Waals surface area contributed by atoms with Gasteiger partial charge in [0.15, 0.2) is 12.3 Å². The first-order chi connectivity index (χ1) is 16.0. The average Bonchev–Trinajstić information content (AvgIpc) is 3.08. The number of piperidine rings is 1. The van der Waals surface area contributed by atoms with Crippen LogP contribution in [0.2, 0.25) is 0 Å². The largest absolute Gasteiger partial charge is 0.493 e. The molecule has 9 heteroatoms. The minimum Gasteiger partial charge on any atom is -0.493 e. The molecule has 4 rings (SSSR count). The summed E-state index contributed by atoms with van der Waals surface area (Å²) in [6, 6.07) is 14.2. The van der Waals surface area contributed by atoms with Crippen LogP contribution >= 0.6 is 0 Å². The Hall–Kier alpha value is -3.72. The molecule has 1 aliphatic heterocycles. The Morgan fingerprint density at radius 3 is 2.52 bits per heavy atom. The number of rotatable bonds is 7. The number of hydrogen-bond acceptors (Lipinski definition) is 6. The van der Waals surface area contributed by atoms with Crippen molar-refractivity contribution in [2.24, 2.45) is 10.2 Å². The van der Waals surface area contributed by atoms with Crippen LogP contribution in [0.3, 0.4) is 0 Å². The molecule has 0 radical (unpaired) electrons. The van der Waals surface area contributed by atoms with E-state index < -0.39 is 5.91 Å². The number of nitrogens with one attached hydrogen (secondary N) is 1. The van der Waals surface area contributed by atoms with Crippen LogP contribution in [0, 0.1) is 0 Å². The molecule has 9 nitrogen and oxygen atoms in total. The predicted octanol–water partition coefficient (Wildman–Crippen LogP) is 4.44. The molecule has 172 valence electrons. The molecule has 1 fully saturated rings. The Morgan fingerprint density at radius 2 is 1.79 bits per heavy atom. The number of azo groups is 1. The number of para-hydroxylation sites is 1. The van der Waals surface area contributed by atoms with Gasteiger partial charge in [0, 0.05) is 18.0 Å². The Bertz CT molecular complexity index is 1160. The van der Waals surface area contributed by atoms with E-state index in [2.05, 4.69) is 20.4 Å². The van der Waals surface area contributed by atoms with Crippen molar-refractivity contribution >= 4 is 34.1 Å². The minimum atomic E-state index is -0.576. The molecule has 2 heterocycles. The Kier molecular flexibility index (Phi) is 6.99. The van der Waals surface area contributed by atoms with Crippen molar-refractivity contribution in [1.29, 1.82) is 0 Å². The van der Waals surface area contributed by atoms with Crippen LogP contribution in [0.25, 0.3) is 10.9 Å². The molecule has 0 aliphatic carbocycles. The first kappa shape index (κ1) is 22.5. The van der Waals surface area contributed by atoms with Crippen LogP contribution in [0.1, 0.15) is 26.2 Å². The van der Waals surface area contributed by atoms with Crippen molar-refractivity contribution in [3.63, 3.8) is 0 Å². The average molecular weight is 450 g/mol. The van der Waals surface area contributed by atoms with Gasteiger partial charge in [-0.25, -0.2) is 0 Å². The van der Waals surface area contributed by atoms with Gasteiger partial charge in [-0.15, -0.1) is 10.2 Å². The van der Waals surface area contributed by atoms with Gasteiger partial charge >= 0.3 is 5.91 Å². The van der Waals surface area contributed by atoms with Gasteiger partial charge in [0.25, 0.3) is 0 Å². The number of nitrogens with zero attached hydrogens (tertiary/aromatic N) is 4. The summed E-state index contributed by atoms with van der Waals surface area (Å²) >= 11 is 0. The van der Waals surface area contributed by atoms with E-state index in [1.807, 2.05) is 28.8 Å². The number of hydrogen-bond donors (Lipinski definition) is 2. The van der Waals surface area contributed by atoms with E-state index >= 15 is 0 Å². The second-order valence-corrected chi connectivity index (χ2v) is 8.03. The molecule has 0 atom stereocenters. The van der Waals surface area contributed by atoms with Crippen LogP contribution in [-0.2, 0) is 16.3 Å². The van der Waals surface area contributed by atoms with Crippen LogP contribution in [0.15, 0.2) is 58.8 Å². The Morgan fingerprint density at radius 1 is 1.06 bits per heavy atom. The number of fused-ring (bicyclic) bond motifs is 1. The highest BCUT2D eigenvalue weighted by Gasteiger charge is 2.19. The monoisotopic (exact) mass is 449 g/mol. The van der Waals surface area contributed by atoms with E-state index in [1.165, 1.54) is 13.3 Å². The van der Waals surface area contributed by atoms with Crippen molar-refractivity contribution in [1.82, 2.24) is 9.47 Å². The molecular formula is C24H27N5O4. The molecule has 33 heavy (non-hydrogen) atoms. The number of likely N-dealkylation sites (tertiary alicyclic amines) is 1. The Balaban J connectivity index is 1.44. The fraction of sp³-hybridized carbons (Fsp3) is 0.333. The zero-order valence-electron chi connectivity index (χ0n) is 18.5. The number of aromatic hydroxyl groups is 1. The van der Waals surface area contributed by atoms with E-state index in [0.717, 1.165) is 36.8 Å². The standard InChI is InChI=1S/C24H27N5O4/c1-17(30)25-18-9-11-19(12-10-18)33-15-22(31)26-27-23-20-7-3-4-8-21(20)29(24(23)32)16-28-13-5-2-6-14-28/h3-4,7-12,32H,2,5-6,13-16H2,1H3,(H,25,30). The lowest BCUT2D eigenvalue weighted by Crippen LogP contribution is -2.31. The molecule has 0 spiro atoms. The second kappa shape index (κ2) is 10.3. The summed E-state index contributed by atoms with van der Waals surface area (Å²) in [5.74, 6) is -0.283. The van der Waals surface area contributed by atoms with Gasteiger partial charge in [-0.1, -0.05) is 24.6 Å². The molecule has 1 saturated heterocycles. The van der Waals surface area contributed by atoms with Gasteiger partial charge in [-0.05, 0) is 56.3 Å². The van der Waals surface area contributed by atoms with Crippen LogP contribution in [0.4, 0.5) is 11.4 Å². The first-order valence-corrected chi connectivity index (χ1v) is 11.0. The molecule has 0 bridgehead atoms. The smallest absolute Gasteiger partial charge is 0.302 e. The summed E-state index contributed by atoms with van der Waals surface area (Å²) in [4.78, 5) is 25.6. The van der Waals surface area contributed by atoms with Crippen molar-refractivity contribution in [2.75, 3.05) is 25.0 Å². The summed E-state index contributed by atoms with van der Waals surface area (Å²) in [6.07, 6.45) is 3.53. The lowest BCUT2D eigenvalue weighted by molar-refractivity contribution is -0.120. The predicted molar refractivity (Wildman–Crippen MR) is 125 cm³/mol. The highest BCUT2D eigenvalue weighted by atomic mass is 16.5. The van der Waals surface area contributed by atoms with Crippen molar-refractivity contribution in [3.8, 4) is 11.6 Å². The van der Waals surface area contributed by atoms with Crippen LogP contribution in [0.5, 0.6) is 11.6 Å². The van der Waals surface area contributed by atoms with Crippen molar-refractivity contribution in [3.05, 3.63) is 48.5 Å². The number of carbonyl (C=O) groups excluding carboxylic acids is 2. The maximum absolute atomic E-state index is 12.2. The molecule has 2 aromatic carbocycles. The fourth-order valence-electron chi connectivity index (χ4n) is 3.93. The lowest BCUT2D eigenvalue weighted by Gasteiger charge is -2.27. The molecule has 1 aromatic heterocycles. The van der Waals surface area contributed by atoms with Gasteiger partial charge in [-0.2, -0.15) is 0 Å². The third-order valence-electron chi connectivity index (χ3n) is 5.51. The quantitative estimate of drug-likeness (QED) is 0.519. The summed E-state index contributed by atoms with van der Waals surface area (Å²) in [5, 5.41) is 22.1. The van der Waals surface area contributed by atoms with Gasteiger partial charge < -0.3 is 15.2 Å². The van der Waals surface area contributed by atoms with Gasteiger partial charge in [0.05, 0.1) is 12.2 Å².